The van der Waals surface area contributed by atoms with E-state index in [4.69, 9.17) is 4.74 Å². The SMILES string of the molecule is CCCCCCCCCCCCCCCCCCCCCCCCCCCC(O)C(CO)NC(=O)CCCCCCCCCCCCCCC/C=C\C/C=C\CCCCCCCCCCCOC(=O)CCCCCCCCCCCCCC. The minimum absolute atomic E-state index is 0.0136. The van der Waals surface area contributed by atoms with Gasteiger partial charge >= 0.3 is 5.97 Å². The van der Waals surface area contributed by atoms with Crippen LogP contribution in [0.4, 0.5) is 0 Å². The summed E-state index contributed by atoms with van der Waals surface area (Å²) in [5.41, 5.74) is 0. The molecule has 0 saturated carbocycles. The highest BCUT2D eigenvalue weighted by molar-refractivity contribution is 5.76. The van der Waals surface area contributed by atoms with E-state index in [0.29, 0.717) is 25.9 Å². The molecule has 0 aromatic carbocycles. The summed E-state index contributed by atoms with van der Waals surface area (Å²) in [6.07, 6.45) is 92.5. The number of aliphatic hydroxyl groups excluding tert-OH is 2. The van der Waals surface area contributed by atoms with Crippen LogP contribution in [0.3, 0.4) is 0 Å². The number of carbonyl (C=O) groups is 2. The summed E-state index contributed by atoms with van der Waals surface area (Å²) in [5.74, 6) is -0.0168. The topological polar surface area (TPSA) is 95.9 Å². The van der Waals surface area contributed by atoms with Gasteiger partial charge in [0.2, 0.25) is 5.91 Å². The number of unbranched alkanes of at least 4 members (excludes halogenated alkanes) is 57. The van der Waals surface area contributed by atoms with Gasteiger partial charge in [-0.15, -0.1) is 0 Å². The number of hydrogen-bond donors (Lipinski definition) is 3. The molecule has 0 spiro atoms. The lowest BCUT2D eigenvalue weighted by atomic mass is 10.0. The van der Waals surface area contributed by atoms with Crippen LogP contribution in [0.5, 0.6) is 0 Å². The van der Waals surface area contributed by atoms with E-state index in [1.807, 2.05) is 0 Å². The first-order valence-corrected chi connectivity index (χ1v) is 38.1. The molecule has 0 aromatic rings. The molecule has 0 rings (SSSR count). The molecule has 0 radical (unpaired) electrons. The Bertz CT molecular complexity index is 1300. The highest BCUT2D eigenvalue weighted by Gasteiger charge is 2.20. The molecule has 2 atom stereocenters. The molecule has 3 N–H and O–H groups in total. The third kappa shape index (κ3) is 69.3. The summed E-state index contributed by atoms with van der Waals surface area (Å²) in [4.78, 5) is 24.6. The van der Waals surface area contributed by atoms with Crippen molar-refractivity contribution < 1.29 is 24.5 Å². The zero-order valence-electron chi connectivity index (χ0n) is 56.5. The number of allylic oxidation sites excluding steroid dienone is 4. The molecule has 0 saturated heterocycles. The van der Waals surface area contributed by atoms with Gasteiger partial charge in [-0.3, -0.25) is 9.59 Å². The zero-order chi connectivity index (χ0) is 59.9. The Kier molecular flexibility index (Phi) is 71.4. The Morgan fingerprint density at radius 1 is 0.337 bits per heavy atom. The van der Waals surface area contributed by atoms with Gasteiger partial charge in [-0.05, 0) is 57.8 Å². The van der Waals surface area contributed by atoms with Gasteiger partial charge < -0.3 is 20.3 Å². The van der Waals surface area contributed by atoms with Crippen LogP contribution in [0.15, 0.2) is 24.3 Å². The second-order valence-corrected chi connectivity index (χ2v) is 26.3. The first kappa shape index (κ1) is 81.3. The molecule has 0 heterocycles. The maximum absolute atomic E-state index is 12.6. The molecule has 6 heteroatoms. The van der Waals surface area contributed by atoms with E-state index in [1.54, 1.807) is 0 Å². The average molecular weight is 1170 g/mol. The number of aliphatic hydroxyl groups is 2. The molecule has 1 amide bonds. The number of hydrogen-bond acceptors (Lipinski definition) is 5. The van der Waals surface area contributed by atoms with Crippen molar-refractivity contribution >= 4 is 11.9 Å². The molecule has 0 aromatic heterocycles. The summed E-state index contributed by atoms with van der Waals surface area (Å²) >= 11 is 0. The van der Waals surface area contributed by atoms with E-state index in [1.165, 1.54) is 353 Å². The standard InChI is InChI=1S/C77H149NO5/c1-3-5-7-9-11-13-15-17-18-19-20-21-22-28-31-34-37-40-43-46-49-53-57-61-65-69-75(80)74(73-79)78-76(81)70-66-62-58-54-50-47-44-41-38-35-32-29-26-24-23-25-27-30-33-36-39-42-45-48-52-56-60-64-68-72-83-77(82)71-67-63-59-55-51-16-14-12-10-8-6-4-2/h23,25,30,33,74-75,79-80H,3-22,24,26-29,31-32,34-73H2,1-2H3,(H,78,81)/b25-23-,33-30-. The highest BCUT2D eigenvalue weighted by Crippen LogP contribution is 2.20. The number of esters is 1. The highest BCUT2D eigenvalue weighted by atomic mass is 16.5. The van der Waals surface area contributed by atoms with Crippen molar-refractivity contribution in [3.8, 4) is 0 Å². The Balaban J connectivity index is 3.40. The lowest BCUT2D eigenvalue weighted by Gasteiger charge is -2.22. The van der Waals surface area contributed by atoms with Gasteiger partial charge in [-0.25, -0.2) is 0 Å². The lowest BCUT2D eigenvalue weighted by Crippen LogP contribution is -2.45. The van der Waals surface area contributed by atoms with E-state index in [0.717, 1.165) is 44.9 Å². The zero-order valence-corrected chi connectivity index (χ0v) is 56.5. The first-order valence-electron chi connectivity index (χ1n) is 38.1. The number of amides is 1. The number of nitrogens with one attached hydrogen (secondary N) is 1. The van der Waals surface area contributed by atoms with Gasteiger partial charge in [0, 0.05) is 12.8 Å². The fraction of sp³-hybridized carbons (Fsp3) is 0.922. The van der Waals surface area contributed by atoms with Crippen molar-refractivity contribution in [2.75, 3.05) is 13.2 Å². The van der Waals surface area contributed by atoms with E-state index in [-0.39, 0.29) is 18.5 Å². The van der Waals surface area contributed by atoms with Crippen LogP contribution in [0, 0.1) is 0 Å². The van der Waals surface area contributed by atoms with Crippen LogP contribution in [0.1, 0.15) is 431 Å². The number of ether oxygens (including phenoxy) is 1. The molecular weight excluding hydrogens is 1020 g/mol. The maximum Gasteiger partial charge on any atom is 0.305 e. The summed E-state index contributed by atoms with van der Waals surface area (Å²) in [6, 6.07) is -0.544. The lowest BCUT2D eigenvalue weighted by molar-refractivity contribution is -0.143. The third-order valence-corrected chi connectivity index (χ3v) is 18.0. The van der Waals surface area contributed by atoms with E-state index >= 15 is 0 Å². The number of carbonyl (C=O) groups excluding carboxylic acids is 2. The quantitative estimate of drug-likeness (QED) is 0.0320. The van der Waals surface area contributed by atoms with Gasteiger partial charge in [0.15, 0.2) is 0 Å². The molecular formula is C77H149NO5. The molecule has 492 valence electrons. The van der Waals surface area contributed by atoms with E-state index in [2.05, 4.69) is 43.5 Å². The Morgan fingerprint density at radius 3 is 0.916 bits per heavy atom. The second-order valence-electron chi connectivity index (χ2n) is 26.3. The van der Waals surface area contributed by atoms with Gasteiger partial charge in [0.1, 0.15) is 0 Å². The Morgan fingerprint density at radius 2 is 0.602 bits per heavy atom. The molecule has 0 aliphatic rings. The van der Waals surface area contributed by atoms with Crippen molar-refractivity contribution in [3.63, 3.8) is 0 Å². The van der Waals surface area contributed by atoms with Crippen LogP contribution in [-0.2, 0) is 14.3 Å². The minimum Gasteiger partial charge on any atom is -0.466 e. The summed E-state index contributed by atoms with van der Waals surface area (Å²) in [7, 11) is 0. The molecule has 83 heavy (non-hydrogen) atoms. The average Bonchev–Trinajstić information content (AvgIpc) is 3.49. The second kappa shape index (κ2) is 72.8. The monoisotopic (exact) mass is 1170 g/mol. The number of rotatable bonds is 72. The van der Waals surface area contributed by atoms with E-state index < -0.39 is 12.1 Å². The minimum atomic E-state index is -0.667. The van der Waals surface area contributed by atoms with Crippen LogP contribution in [-0.4, -0.2) is 47.4 Å². The van der Waals surface area contributed by atoms with Crippen LogP contribution in [0.25, 0.3) is 0 Å². The summed E-state index contributed by atoms with van der Waals surface area (Å²) < 4.78 is 5.48. The van der Waals surface area contributed by atoms with Crippen LogP contribution >= 0.6 is 0 Å². The predicted octanol–water partition coefficient (Wildman–Crippen LogP) is 24.9. The summed E-state index contributed by atoms with van der Waals surface area (Å²) in [6.45, 7) is 4.99. The normalized spacial score (nSPS) is 12.6. The Labute approximate surface area is 520 Å². The first-order chi connectivity index (χ1) is 41.0. The van der Waals surface area contributed by atoms with E-state index in [9.17, 15) is 19.8 Å². The largest absolute Gasteiger partial charge is 0.466 e. The van der Waals surface area contributed by atoms with Gasteiger partial charge in [0.05, 0.1) is 25.4 Å². The molecule has 0 fully saturated rings. The van der Waals surface area contributed by atoms with Crippen molar-refractivity contribution in [3.05, 3.63) is 24.3 Å². The third-order valence-electron chi connectivity index (χ3n) is 18.0. The van der Waals surface area contributed by atoms with Gasteiger partial charge in [0.25, 0.3) is 0 Å². The molecule has 2 unspecified atom stereocenters. The predicted molar refractivity (Wildman–Crippen MR) is 366 cm³/mol. The van der Waals surface area contributed by atoms with Crippen molar-refractivity contribution in [1.82, 2.24) is 5.32 Å². The maximum atomic E-state index is 12.6. The van der Waals surface area contributed by atoms with Crippen molar-refractivity contribution in [2.24, 2.45) is 0 Å². The van der Waals surface area contributed by atoms with Crippen molar-refractivity contribution in [2.45, 2.75) is 443 Å². The molecule has 0 bridgehead atoms. The van der Waals surface area contributed by atoms with Crippen molar-refractivity contribution in [1.29, 1.82) is 0 Å². The van der Waals surface area contributed by atoms with Gasteiger partial charge in [-0.2, -0.15) is 0 Å². The Hall–Kier alpha value is -1.66. The fourth-order valence-corrected chi connectivity index (χ4v) is 12.2. The molecule has 0 aliphatic carbocycles. The van der Waals surface area contributed by atoms with Gasteiger partial charge in [-0.1, -0.05) is 385 Å². The van der Waals surface area contributed by atoms with Crippen LogP contribution in [0.2, 0.25) is 0 Å². The summed E-state index contributed by atoms with van der Waals surface area (Å²) in [5, 5.41) is 23.5. The molecule has 0 aliphatic heterocycles. The smallest absolute Gasteiger partial charge is 0.305 e. The molecule has 6 nitrogen and oxygen atoms in total. The fourth-order valence-electron chi connectivity index (χ4n) is 12.2. The van der Waals surface area contributed by atoms with Crippen LogP contribution < -0.4 is 5.32 Å².